The van der Waals surface area contributed by atoms with Crippen LogP contribution in [0, 0.1) is 0 Å². The van der Waals surface area contributed by atoms with Crippen LogP contribution in [0.15, 0.2) is 40.7 Å². The average Bonchev–Trinajstić information content (AvgIpc) is 2.80. The number of anilines is 1. The zero-order valence-corrected chi connectivity index (χ0v) is 10.8. The Morgan fingerprint density at radius 2 is 2.00 bits per heavy atom. The van der Waals surface area contributed by atoms with Gasteiger partial charge in [-0.05, 0) is 18.2 Å². The number of sulfonamides is 1. The summed E-state index contributed by atoms with van der Waals surface area (Å²) in [5.74, 6) is 0. The topological polar surface area (TPSA) is 59.1 Å². The smallest absolute Gasteiger partial charge is 0.255 e. The van der Waals surface area contributed by atoms with Crippen LogP contribution in [0.25, 0.3) is 0 Å². The highest BCUT2D eigenvalue weighted by Crippen LogP contribution is 2.30. The van der Waals surface area contributed by atoms with Crippen LogP contribution in [-0.4, -0.2) is 13.4 Å². The second kappa shape index (κ2) is 4.82. The third kappa shape index (κ3) is 3.24. The van der Waals surface area contributed by atoms with E-state index in [0.29, 0.717) is 6.07 Å². The first-order chi connectivity index (χ1) is 8.79. The summed E-state index contributed by atoms with van der Waals surface area (Å²) in [5, 5.41) is 1.64. The molecule has 0 unspecified atom stereocenters. The lowest BCUT2D eigenvalue weighted by molar-refractivity contribution is -0.137. The van der Waals surface area contributed by atoms with Crippen molar-refractivity contribution in [1.29, 1.82) is 0 Å². The van der Waals surface area contributed by atoms with Crippen molar-refractivity contribution in [3.05, 3.63) is 41.4 Å². The van der Waals surface area contributed by atoms with Gasteiger partial charge in [-0.15, -0.1) is 11.3 Å². The number of nitrogens with zero attached hydrogens (tertiary/aromatic N) is 1. The molecule has 19 heavy (non-hydrogen) atoms. The van der Waals surface area contributed by atoms with Crippen LogP contribution in [-0.2, 0) is 16.2 Å². The summed E-state index contributed by atoms with van der Waals surface area (Å²) in [6.07, 6.45) is -3.21. The van der Waals surface area contributed by atoms with Crippen molar-refractivity contribution in [2.75, 3.05) is 4.72 Å². The third-order valence-electron chi connectivity index (χ3n) is 2.13. The molecule has 0 atom stereocenters. The van der Waals surface area contributed by atoms with Gasteiger partial charge in [-0.25, -0.2) is 13.4 Å². The first-order valence-corrected chi connectivity index (χ1v) is 7.25. The summed E-state index contributed by atoms with van der Waals surface area (Å²) in [7, 11) is -4.07. The van der Waals surface area contributed by atoms with Crippen LogP contribution in [0.2, 0.25) is 0 Å². The lowest BCUT2D eigenvalue weighted by Crippen LogP contribution is -2.14. The monoisotopic (exact) mass is 308 g/mol. The first kappa shape index (κ1) is 13.8. The van der Waals surface area contributed by atoms with Gasteiger partial charge in [0, 0.05) is 11.6 Å². The highest BCUT2D eigenvalue weighted by molar-refractivity contribution is 7.93. The van der Waals surface area contributed by atoms with E-state index in [0.717, 1.165) is 29.5 Å². The maximum Gasteiger partial charge on any atom is 0.416 e. The zero-order chi connectivity index (χ0) is 14.1. The van der Waals surface area contributed by atoms with Crippen LogP contribution in [0.5, 0.6) is 0 Å². The van der Waals surface area contributed by atoms with E-state index in [-0.39, 0.29) is 5.13 Å². The van der Waals surface area contributed by atoms with Gasteiger partial charge in [-0.3, -0.25) is 4.72 Å². The van der Waals surface area contributed by atoms with Crippen molar-refractivity contribution >= 4 is 26.5 Å². The second-order valence-electron chi connectivity index (χ2n) is 3.47. The Bertz CT molecular complexity index is 666. The molecule has 1 heterocycles. The number of benzene rings is 1. The van der Waals surface area contributed by atoms with Gasteiger partial charge in [0.25, 0.3) is 10.0 Å². The van der Waals surface area contributed by atoms with E-state index in [4.69, 9.17) is 0 Å². The Labute approximate surface area is 111 Å². The summed E-state index contributed by atoms with van der Waals surface area (Å²) in [5.41, 5.74) is -1.02. The molecule has 0 spiro atoms. The molecule has 1 aromatic heterocycles. The Kier molecular flexibility index (Phi) is 3.50. The van der Waals surface area contributed by atoms with E-state index >= 15 is 0 Å². The molecule has 2 aromatic rings. The molecule has 4 nitrogen and oxygen atoms in total. The lowest BCUT2D eigenvalue weighted by Gasteiger charge is -2.09. The van der Waals surface area contributed by atoms with Crippen LogP contribution >= 0.6 is 11.3 Å². The van der Waals surface area contributed by atoms with Crippen LogP contribution in [0.4, 0.5) is 18.3 Å². The van der Waals surface area contributed by atoms with Gasteiger partial charge in [0.1, 0.15) is 0 Å². The summed E-state index contributed by atoms with van der Waals surface area (Å²) >= 11 is 1.03. The quantitative estimate of drug-likeness (QED) is 0.948. The molecular weight excluding hydrogens is 301 g/mol. The molecule has 0 amide bonds. The van der Waals surface area contributed by atoms with Crippen molar-refractivity contribution < 1.29 is 21.6 Å². The largest absolute Gasteiger partial charge is 0.416 e. The van der Waals surface area contributed by atoms with Gasteiger partial charge in [0.2, 0.25) is 0 Å². The summed E-state index contributed by atoms with van der Waals surface area (Å²) in [6, 6.07) is 3.52. The molecule has 0 aliphatic heterocycles. The van der Waals surface area contributed by atoms with Gasteiger partial charge in [-0.1, -0.05) is 6.07 Å². The predicted octanol–water partition coefficient (Wildman–Crippen LogP) is 2.96. The third-order valence-corrected chi connectivity index (χ3v) is 4.28. The minimum Gasteiger partial charge on any atom is -0.255 e. The molecule has 0 fully saturated rings. The SMILES string of the molecule is O=S(=O)(Nc1nccs1)c1cccc(C(F)(F)F)c1. The van der Waals surface area contributed by atoms with E-state index in [9.17, 15) is 21.6 Å². The number of halogens is 3. The molecule has 2 rings (SSSR count). The number of thiazole rings is 1. The van der Waals surface area contributed by atoms with Gasteiger partial charge in [0.05, 0.1) is 10.5 Å². The number of alkyl halides is 3. The molecule has 0 bridgehead atoms. The lowest BCUT2D eigenvalue weighted by atomic mass is 10.2. The molecule has 0 aliphatic carbocycles. The molecule has 1 aromatic carbocycles. The maximum absolute atomic E-state index is 12.5. The zero-order valence-electron chi connectivity index (χ0n) is 9.18. The van der Waals surface area contributed by atoms with Crippen molar-refractivity contribution in [2.45, 2.75) is 11.1 Å². The van der Waals surface area contributed by atoms with E-state index in [1.54, 1.807) is 5.38 Å². The van der Waals surface area contributed by atoms with Gasteiger partial charge >= 0.3 is 6.18 Å². The van der Waals surface area contributed by atoms with Crippen molar-refractivity contribution in [1.82, 2.24) is 4.98 Å². The number of nitrogens with one attached hydrogen (secondary N) is 1. The highest BCUT2D eigenvalue weighted by atomic mass is 32.2. The number of hydrogen-bond donors (Lipinski definition) is 1. The molecule has 1 N–H and O–H groups in total. The van der Waals surface area contributed by atoms with E-state index in [1.165, 1.54) is 6.20 Å². The van der Waals surface area contributed by atoms with E-state index in [1.807, 2.05) is 0 Å². The Morgan fingerprint density at radius 1 is 1.26 bits per heavy atom. The van der Waals surface area contributed by atoms with Crippen molar-refractivity contribution in [3.63, 3.8) is 0 Å². The fraction of sp³-hybridized carbons (Fsp3) is 0.100. The number of hydrogen-bond acceptors (Lipinski definition) is 4. The normalized spacial score (nSPS) is 12.4. The Hall–Kier alpha value is -1.61. The molecule has 0 saturated carbocycles. The average molecular weight is 308 g/mol. The first-order valence-electron chi connectivity index (χ1n) is 4.88. The summed E-state index contributed by atoms with van der Waals surface area (Å²) in [6.45, 7) is 0. The molecular formula is C10H7F3N2O2S2. The Balaban J connectivity index is 2.36. The van der Waals surface area contributed by atoms with Crippen LogP contribution in [0.1, 0.15) is 5.56 Å². The fourth-order valence-corrected chi connectivity index (χ4v) is 3.12. The van der Waals surface area contributed by atoms with Crippen molar-refractivity contribution in [3.8, 4) is 0 Å². The number of rotatable bonds is 3. The molecule has 0 aliphatic rings. The minimum absolute atomic E-state index is 0.0948. The second-order valence-corrected chi connectivity index (χ2v) is 6.05. The fourth-order valence-electron chi connectivity index (χ4n) is 1.29. The Morgan fingerprint density at radius 3 is 2.58 bits per heavy atom. The van der Waals surface area contributed by atoms with Gasteiger partial charge < -0.3 is 0 Å². The number of aromatic nitrogens is 1. The summed E-state index contributed by atoms with van der Waals surface area (Å²) in [4.78, 5) is 3.24. The summed E-state index contributed by atoms with van der Waals surface area (Å²) < 4.78 is 63.4. The molecule has 0 radical (unpaired) electrons. The van der Waals surface area contributed by atoms with E-state index < -0.39 is 26.7 Å². The standard InChI is InChI=1S/C10H7F3N2O2S2/c11-10(12,13)7-2-1-3-8(6-7)19(16,17)15-9-14-4-5-18-9/h1-6H,(H,14,15). The maximum atomic E-state index is 12.5. The van der Waals surface area contributed by atoms with Gasteiger partial charge in [-0.2, -0.15) is 13.2 Å². The molecule has 9 heteroatoms. The van der Waals surface area contributed by atoms with Crippen LogP contribution < -0.4 is 4.72 Å². The minimum atomic E-state index is -4.59. The molecule has 102 valence electrons. The highest BCUT2D eigenvalue weighted by Gasteiger charge is 2.31. The van der Waals surface area contributed by atoms with Crippen LogP contribution in [0.3, 0.4) is 0 Å². The van der Waals surface area contributed by atoms with E-state index in [2.05, 4.69) is 9.71 Å². The predicted molar refractivity (Wildman–Crippen MR) is 64.4 cm³/mol. The van der Waals surface area contributed by atoms with Crippen molar-refractivity contribution in [2.24, 2.45) is 0 Å². The van der Waals surface area contributed by atoms with Gasteiger partial charge in [0.15, 0.2) is 5.13 Å². The molecule has 0 saturated heterocycles.